The zero-order valence-electron chi connectivity index (χ0n) is 14.1. The van der Waals surface area contributed by atoms with Crippen LogP contribution in [0.4, 0.5) is 5.69 Å². The molecule has 5 nitrogen and oxygen atoms in total. The zero-order valence-corrected chi connectivity index (χ0v) is 14.9. The first-order valence-corrected chi connectivity index (χ1v) is 8.38. The first-order chi connectivity index (χ1) is 11.1. The van der Waals surface area contributed by atoms with E-state index in [9.17, 15) is 9.59 Å². The molecule has 1 aromatic rings. The summed E-state index contributed by atoms with van der Waals surface area (Å²) in [6.45, 7) is 2.21. The molecule has 1 aliphatic carbocycles. The van der Waals surface area contributed by atoms with Crippen LogP contribution in [0.25, 0.3) is 0 Å². The van der Waals surface area contributed by atoms with Gasteiger partial charge in [-0.15, -0.1) is 12.4 Å². The molecule has 2 atom stereocenters. The van der Waals surface area contributed by atoms with E-state index < -0.39 is 0 Å². The fraction of sp³-hybridized carbons (Fsp3) is 0.556. The Bertz CT molecular complexity index is 534. The smallest absolute Gasteiger partial charge is 0.306 e. The molecule has 1 saturated carbocycles. The molecule has 0 aliphatic heterocycles. The summed E-state index contributed by atoms with van der Waals surface area (Å²) < 4.78 is 4.91. The Balaban J connectivity index is 0.00000288. The van der Waals surface area contributed by atoms with Gasteiger partial charge in [-0.1, -0.05) is 18.6 Å². The van der Waals surface area contributed by atoms with Crippen molar-refractivity contribution in [3.63, 3.8) is 0 Å². The van der Waals surface area contributed by atoms with Crippen molar-refractivity contribution in [3.05, 3.63) is 29.8 Å². The summed E-state index contributed by atoms with van der Waals surface area (Å²) >= 11 is 0. The largest absolute Gasteiger partial charge is 0.466 e. The van der Waals surface area contributed by atoms with Gasteiger partial charge >= 0.3 is 5.97 Å². The Morgan fingerprint density at radius 1 is 1.25 bits per heavy atom. The van der Waals surface area contributed by atoms with Gasteiger partial charge in [0.2, 0.25) is 5.91 Å². The third kappa shape index (κ3) is 6.49. The zero-order chi connectivity index (χ0) is 16.7. The number of esters is 1. The number of nitrogens with one attached hydrogen (secondary N) is 1. The molecular formula is C18H27ClN2O3. The van der Waals surface area contributed by atoms with Crippen LogP contribution >= 0.6 is 12.4 Å². The number of nitrogens with two attached hydrogens (primary N) is 1. The van der Waals surface area contributed by atoms with Gasteiger partial charge in [0.15, 0.2) is 0 Å². The molecule has 1 amide bonds. The normalized spacial score (nSPS) is 19.4. The van der Waals surface area contributed by atoms with Gasteiger partial charge in [0.1, 0.15) is 0 Å². The van der Waals surface area contributed by atoms with Gasteiger partial charge in [-0.3, -0.25) is 9.59 Å². The van der Waals surface area contributed by atoms with E-state index in [1.54, 1.807) is 6.92 Å². The highest BCUT2D eigenvalue weighted by atomic mass is 35.5. The van der Waals surface area contributed by atoms with Gasteiger partial charge in [0.05, 0.1) is 6.61 Å². The van der Waals surface area contributed by atoms with Crippen LogP contribution in [0.5, 0.6) is 0 Å². The summed E-state index contributed by atoms with van der Waals surface area (Å²) in [4.78, 5) is 23.4. The van der Waals surface area contributed by atoms with E-state index in [0.717, 1.165) is 30.5 Å². The van der Waals surface area contributed by atoms with Crippen molar-refractivity contribution in [1.82, 2.24) is 0 Å². The number of ether oxygens (including phenoxy) is 1. The highest BCUT2D eigenvalue weighted by molar-refractivity contribution is 5.90. The van der Waals surface area contributed by atoms with Gasteiger partial charge in [-0.25, -0.2) is 0 Å². The summed E-state index contributed by atoms with van der Waals surface area (Å²) in [5.74, 6) is 0.142. The van der Waals surface area contributed by atoms with Crippen LogP contribution in [0.1, 0.15) is 44.6 Å². The Morgan fingerprint density at radius 3 is 2.54 bits per heavy atom. The summed E-state index contributed by atoms with van der Waals surface area (Å²) in [6.07, 6.45) is 4.69. The number of anilines is 1. The molecule has 0 radical (unpaired) electrons. The second kappa shape index (κ2) is 10.3. The second-order valence-corrected chi connectivity index (χ2v) is 6.11. The lowest BCUT2D eigenvalue weighted by Crippen LogP contribution is -2.28. The van der Waals surface area contributed by atoms with Crippen LogP contribution < -0.4 is 11.1 Å². The van der Waals surface area contributed by atoms with E-state index in [0.29, 0.717) is 31.8 Å². The maximum atomic E-state index is 12.1. The average Bonchev–Trinajstić information content (AvgIpc) is 2.92. The SMILES string of the molecule is CCOC(=O)CCc1ccc(NC(=O)C[C@@H]2CCC[C@H]2N)cc1.Cl. The Kier molecular flexibility index (Phi) is 8.79. The van der Waals surface area contributed by atoms with Crippen molar-refractivity contribution in [1.29, 1.82) is 0 Å². The van der Waals surface area contributed by atoms with E-state index >= 15 is 0 Å². The first kappa shape index (κ1) is 20.5. The van der Waals surface area contributed by atoms with Crippen LogP contribution in [0, 0.1) is 5.92 Å². The number of rotatable bonds is 7. The van der Waals surface area contributed by atoms with Gasteiger partial charge in [0.25, 0.3) is 0 Å². The van der Waals surface area contributed by atoms with Crippen LogP contribution in [-0.2, 0) is 20.7 Å². The molecule has 6 heteroatoms. The van der Waals surface area contributed by atoms with Crippen LogP contribution in [-0.4, -0.2) is 24.5 Å². The maximum absolute atomic E-state index is 12.1. The highest BCUT2D eigenvalue weighted by Crippen LogP contribution is 2.27. The Morgan fingerprint density at radius 2 is 1.96 bits per heavy atom. The number of hydrogen-bond acceptors (Lipinski definition) is 4. The summed E-state index contributed by atoms with van der Waals surface area (Å²) in [5.41, 5.74) is 7.83. The molecule has 1 aliphatic rings. The van der Waals surface area contributed by atoms with E-state index in [1.165, 1.54) is 0 Å². The molecule has 0 aromatic heterocycles. The molecule has 0 spiro atoms. The molecule has 0 unspecified atom stereocenters. The number of carbonyl (C=O) groups excluding carboxylic acids is 2. The molecule has 0 saturated heterocycles. The number of aryl methyl sites for hydroxylation is 1. The standard InChI is InChI=1S/C18H26N2O3.ClH/c1-2-23-18(22)11-8-13-6-9-15(10-7-13)20-17(21)12-14-4-3-5-16(14)19;/h6-7,9-10,14,16H,2-5,8,11-12,19H2,1H3,(H,20,21);1H/t14-,16+;/m0./s1. The van der Waals surface area contributed by atoms with Crippen LogP contribution in [0.15, 0.2) is 24.3 Å². The highest BCUT2D eigenvalue weighted by Gasteiger charge is 2.25. The number of amides is 1. The topological polar surface area (TPSA) is 81.4 Å². The fourth-order valence-corrected chi connectivity index (χ4v) is 3.00. The first-order valence-electron chi connectivity index (χ1n) is 8.38. The summed E-state index contributed by atoms with van der Waals surface area (Å²) in [7, 11) is 0. The number of benzene rings is 1. The molecule has 134 valence electrons. The predicted molar refractivity (Wildman–Crippen MR) is 97.2 cm³/mol. The molecule has 1 aromatic carbocycles. The quantitative estimate of drug-likeness (QED) is 0.737. The lowest BCUT2D eigenvalue weighted by Gasteiger charge is -2.14. The summed E-state index contributed by atoms with van der Waals surface area (Å²) in [5, 5.41) is 2.92. The van der Waals surface area contributed by atoms with E-state index in [2.05, 4.69) is 5.32 Å². The third-order valence-electron chi connectivity index (χ3n) is 4.33. The van der Waals surface area contributed by atoms with Crippen molar-refractivity contribution < 1.29 is 14.3 Å². The number of halogens is 1. The van der Waals surface area contributed by atoms with E-state index in [4.69, 9.17) is 10.5 Å². The van der Waals surface area contributed by atoms with E-state index in [1.807, 2.05) is 24.3 Å². The van der Waals surface area contributed by atoms with Crippen LogP contribution in [0.2, 0.25) is 0 Å². The maximum Gasteiger partial charge on any atom is 0.306 e. The van der Waals surface area contributed by atoms with Crippen LogP contribution in [0.3, 0.4) is 0 Å². The third-order valence-corrected chi connectivity index (χ3v) is 4.33. The minimum absolute atomic E-state index is 0. The van der Waals surface area contributed by atoms with Crippen molar-refractivity contribution in [2.45, 2.75) is 51.5 Å². The van der Waals surface area contributed by atoms with Gasteiger partial charge in [-0.05, 0) is 49.8 Å². The van der Waals surface area contributed by atoms with Crippen molar-refractivity contribution >= 4 is 30.0 Å². The Labute approximate surface area is 149 Å². The lowest BCUT2D eigenvalue weighted by atomic mass is 10.00. The molecule has 24 heavy (non-hydrogen) atoms. The van der Waals surface area contributed by atoms with E-state index in [-0.39, 0.29) is 30.3 Å². The minimum atomic E-state index is -0.183. The van der Waals surface area contributed by atoms with Gasteiger partial charge in [-0.2, -0.15) is 0 Å². The van der Waals surface area contributed by atoms with Crippen molar-refractivity contribution in [2.75, 3.05) is 11.9 Å². The number of hydrogen-bond donors (Lipinski definition) is 2. The van der Waals surface area contributed by atoms with Crippen molar-refractivity contribution in [2.24, 2.45) is 11.7 Å². The summed E-state index contributed by atoms with van der Waals surface area (Å²) in [6, 6.07) is 7.75. The lowest BCUT2D eigenvalue weighted by molar-refractivity contribution is -0.143. The predicted octanol–water partition coefficient (Wildman–Crippen LogP) is 3.06. The molecule has 2 rings (SSSR count). The van der Waals surface area contributed by atoms with Gasteiger partial charge in [0, 0.05) is 24.6 Å². The molecular weight excluding hydrogens is 328 g/mol. The average molecular weight is 355 g/mol. The molecule has 3 N–H and O–H groups in total. The number of carbonyl (C=O) groups is 2. The second-order valence-electron chi connectivity index (χ2n) is 6.11. The molecule has 0 bridgehead atoms. The Hall–Kier alpha value is -1.59. The monoisotopic (exact) mass is 354 g/mol. The fourth-order valence-electron chi connectivity index (χ4n) is 3.00. The van der Waals surface area contributed by atoms with Crippen molar-refractivity contribution in [3.8, 4) is 0 Å². The molecule has 0 heterocycles. The molecule has 1 fully saturated rings. The van der Waals surface area contributed by atoms with Gasteiger partial charge < -0.3 is 15.8 Å². The minimum Gasteiger partial charge on any atom is -0.466 e.